The maximum Gasteiger partial charge on any atom is 0.232 e. The van der Waals surface area contributed by atoms with Crippen LogP contribution in [0.5, 0.6) is 0 Å². The maximum absolute atomic E-state index is 13.1. The number of carbonyl (C=O) groups excluding carboxylic acids is 1. The van der Waals surface area contributed by atoms with E-state index in [0.29, 0.717) is 10.8 Å². The molecule has 0 fully saturated rings. The summed E-state index contributed by atoms with van der Waals surface area (Å²) in [5.41, 5.74) is 3.93. The van der Waals surface area contributed by atoms with Crippen LogP contribution in [0.3, 0.4) is 0 Å². The van der Waals surface area contributed by atoms with Crippen molar-refractivity contribution in [3.05, 3.63) is 76.5 Å². The van der Waals surface area contributed by atoms with Gasteiger partial charge in [-0.1, -0.05) is 52.9 Å². The second-order valence-corrected chi connectivity index (χ2v) is 9.58. The van der Waals surface area contributed by atoms with E-state index in [-0.39, 0.29) is 18.1 Å². The summed E-state index contributed by atoms with van der Waals surface area (Å²) in [4.78, 5) is 16.8. The van der Waals surface area contributed by atoms with E-state index in [0.717, 1.165) is 20.7 Å². The molecule has 1 N–H and O–H groups in total. The predicted molar refractivity (Wildman–Crippen MR) is 120 cm³/mol. The lowest BCUT2D eigenvalue weighted by Crippen LogP contribution is -2.14. The third-order valence-electron chi connectivity index (χ3n) is 4.12. The van der Waals surface area contributed by atoms with Crippen molar-refractivity contribution in [3.8, 4) is 10.6 Å². The Labute approximate surface area is 185 Å². The quantitative estimate of drug-likeness (QED) is 0.290. The summed E-state index contributed by atoms with van der Waals surface area (Å²) >= 11 is 4.37. The van der Waals surface area contributed by atoms with Gasteiger partial charge in [-0.2, -0.15) is 0 Å². The lowest BCUT2D eigenvalue weighted by molar-refractivity contribution is -0.115. The zero-order chi connectivity index (χ0) is 20.9. The molecule has 2 aromatic heterocycles. The zero-order valence-electron chi connectivity index (χ0n) is 16.0. The summed E-state index contributed by atoms with van der Waals surface area (Å²) in [6, 6.07) is 14.5. The minimum Gasteiger partial charge on any atom is -0.300 e. The number of amides is 1. The van der Waals surface area contributed by atoms with Crippen molar-refractivity contribution >= 4 is 45.5 Å². The van der Waals surface area contributed by atoms with Gasteiger partial charge in [0.1, 0.15) is 10.8 Å². The van der Waals surface area contributed by atoms with Gasteiger partial charge < -0.3 is 5.32 Å². The number of halogens is 1. The molecule has 2 aromatic carbocycles. The Morgan fingerprint density at radius 1 is 1.10 bits per heavy atom. The number of nitrogens with zero attached hydrogens (tertiary/aromatic N) is 3. The molecule has 4 aromatic rings. The van der Waals surface area contributed by atoms with Crippen LogP contribution in [0.4, 0.5) is 9.52 Å². The Morgan fingerprint density at radius 2 is 1.87 bits per heavy atom. The van der Waals surface area contributed by atoms with Gasteiger partial charge in [0.05, 0.1) is 12.1 Å². The molecule has 5 nitrogen and oxygen atoms in total. The second-order valence-electron chi connectivity index (χ2n) is 6.52. The number of thiazole rings is 1. The monoisotopic (exact) mass is 456 g/mol. The van der Waals surface area contributed by atoms with Crippen LogP contribution in [0.1, 0.15) is 16.8 Å². The highest BCUT2D eigenvalue weighted by atomic mass is 32.2. The van der Waals surface area contributed by atoms with Crippen LogP contribution in [-0.4, -0.2) is 21.1 Å². The first-order valence-electron chi connectivity index (χ1n) is 9.07. The molecule has 0 atom stereocenters. The van der Waals surface area contributed by atoms with E-state index in [1.165, 1.54) is 45.9 Å². The molecule has 9 heteroatoms. The fourth-order valence-electron chi connectivity index (χ4n) is 2.59. The Morgan fingerprint density at radius 3 is 2.63 bits per heavy atom. The van der Waals surface area contributed by atoms with E-state index < -0.39 is 0 Å². The van der Waals surface area contributed by atoms with Gasteiger partial charge in [0.2, 0.25) is 11.0 Å². The number of aryl methyl sites for hydroxylation is 1. The lowest BCUT2D eigenvalue weighted by Gasteiger charge is -1.99. The van der Waals surface area contributed by atoms with E-state index in [1.807, 2.05) is 5.38 Å². The Kier molecular flexibility index (Phi) is 6.51. The average Bonchev–Trinajstić information content (AvgIpc) is 3.38. The first-order valence-corrected chi connectivity index (χ1v) is 11.8. The standard InChI is InChI=1S/C21H17FN4OS3/c1-13-2-4-14(5-3-13)11-29-21-26-25-20(30-21)24-18(27)10-17-12-28-19(23-17)15-6-8-16(22)9-7-15/h2-9,12H,10-11H2,1H3,(H,24,25,27). The number of benzene rings is 2. The maximum atomic E-state index is 13.1. The molecule has 0 aliphatic carbocycles. The van der Waals surface area contributed by atoms with Crippen LogP contribution in [0.2, 0.25) is 0 Å². The highest BCUT2D eigenvalue weighted by Gasteiger charge is 2.12. The highest BCUT2D eigenvalue weighted by Crippen LogP contribution is 2.29. The summed E-state index contributed by atoms with van der Waals surface area (Å²) < 4.78 is 13.9. The number of thioether (sulfide) groups is 1. The molecule has 0 saturated heterocycles. The minimum absolute atomic E-state index is 0.142. The number of anilines is 1. The molecule has 0 bridgehead atoms. The molecule has 0 saturated carbocycles. The molecular weight excluding hydrogens is 439 g/mol. The molecule has 152 valence electrons. The van der Waals surface area contributed by atoms with Crippen LogP contribution in [0, 0.1) is 12.7 Å². The average molecular weight is 457 g/mol. The lowest BCUT2D eigenvalue weighted by atomic mass is 10.2. The van der Waals surface area contributed by atoms with Gasteiger partial charge in [-0.3, -0.25) is 4.79 Å². The SMILES string of the molecule is Cc1ccc(CSc2nnc(NC(=O)Cc3csc(-c4ccc(F)cc4)n3)s2)cc1. The Hall–Kier alpha value is -2.62. The number of rotatable bonds is 7. The van der Waals surface area contributed by atoms with Crippen molar-refractivity contribution in [1.29, 1.82) is 0 Å². The molecule has 2 heterocycles. The van der Waals surface area contributed by atoms with Crippen molar-refractivity contribution in [1.82, 2.24) is 15.2 Å². The van der Waals surface area contributed by atoms with Gasteiger partial charge >= 0.3 is 0 Å². The third-order valence-corrected chi connectivity index (χ3v) is 7.10. The minimum atomic E-state index is -0.289. The third kappa shape index (κ3) is 5.50. The van der Waals surface area contributed by atoms with Gasteiger partial charge in [-0.25, -0.2) is 9.37 Å². The van der Waals surface area contributed by atoms with E-state index >= 15 is 0 Å². The topological polar surface area (TPSA) is 67.8 Å². The Balaban J connectivity index is 1.30. The van der Waals surface area contributed by atoms with Gasteiger partial charge in [-0.05, 0) is 36.8 Å². The molecule has 0 unspecified atom stereocenters. The molecule has 4 rings (SSSR count). The van der Waals surface area contributed by atoms with E-state index in [9.17, 15) is 9.18 Å². The largest absolute Gasteiger partial charge is 0.300 e. The summed E-state index contributed by atoms with van der Waals surface area (Å²) in [6.45, 7) is 2.06. The van der Waals surface area contributed by atoms with Crippen molar-refractivity contribution in [2.75, 3.05) is 5.32 Å². The van der Waals surface area contributed by atoms with Crippen LogP contribution >= 0.6 is 34.4 Å². The molecule has 0 spiro atoms. The first-order chi connectivity index (χ1) is 14.5. The van der Waals surface area contributed by atoms with Gasteiger partial charge in [0.25, 0.3) is 0 Å². The summed E-state index contributed by atoms with van der Waals surface area (Å²) in [5, 5.41) is 14.0. The van der Waals surface area contributed by atoms with Crippen molar-refractivity contribution in [2.45, 2.75) is 23.4 Å². The predicted octanol–water partition coefficient (Wildman–Crippen LogP) is 5.58. The smallest absolute Gasteiger partial charge is 0.232 e. The molecule has 0 aliphatic rings. The number of aromatic nitrogens is 3. The van der Waals surface area contributed by atoms with Crippen LogP contribution in [0.25, 0.3) is 10.6 Å². The Bertz CT molecular complexity index is 1140. The van der Waals surface area contributed by atoms with E-state index in [4.69, 9.17) is 0 Å². The number of nitrogens with one attached hydrogen (secondary N) is 1. The van der Waals surface area contributed by atoms with Crippen molar-refractivity contribution < 1.29 is 9.18 Å². The fourth-order valence-corrected chi connectivity index (χ4v) is 5.14. The number of carbonyl (C=O) groups is 1. The molecule has 0 radical (unpaired) electrons. The highest BCUT2D eigenvalue weighted by molar-refractivity contribution is 8.00. The van der Waals surface area contributed by atoms with Gasteiger partial charge in [0.15, 0.2) is 4.34 Å². The molecule has 1 amide bonds. The number of hydrogen-bond acceptors (Lipinski definition) is 7. The second kappa shape index (κ2) is 9.46. The van der Waals surface area contributed by atoms with Gasteiger partial charge in [-0.15, -0.1) is 21.5 Å². The van der Waals surface area contributed by atoms with Crippen molar-refractivity contribution in [3.63, 3.8) is 0 Å². The summed E-state index contributed by atoms with van der Waals surface area (Å²) in [5.74, 6) is 0.314. The van der Waals surface area contributed by atoms with E-state index in [1.54, 1.807) is 23.9 Å². The normalized spacial score (nSPS) is 10.9. The molecule has 0 aliphatic heterocycles. The van der Waals surface area contributed by atoms with Crippen LogP contribution < -0.4 is 5.32 Å². The number of hydrogen-bond donors (Lipinski definition) is 1. The van der Waals surface area contributed by atoms with Crippen LogP contribution in [-0.2, 0) is 17.0 Å². The molecular formula is C21H17FN4OS3. The zero-order valence-corrected chi connectivity index (χ0v) is 18.4. The molecule has 30 heavy (non-hydrogen) atoms. The summed E-state index contributed by atoms with van der Waals surface area (Å²) in [7, 11) is 0. The van der Waals surface area contributed by atoms with Crippen LogP contribution in [0.15, 0.2) is 58.3 Å². The van der Waals surface area contributed by atoms with Crippen molar-refractivity contribution in [2.24, 2.45) is 0 Å². The van der Waals surface area contributed by atoms with Gasteiger partial charge in [0, 0.05) is 16.7 Å². The summed E-state index contributed by atoms with van der Waals surface area (Å²) in [6.07, 6.45) is 0.142. The fraction of sp³-hybridized carbons (Fsp3) is 0.143. The first kappa shape index (κ1) is 20.6. The van der Waals surface area contributed by atoms with E-state index in [2.05, 4.69) is 51.7 Å².